The number of amides is 2. The van der Waals surface area contributed by atoms with Gasteiger partial charge in [-0.25, -0.2) is 0 Å². The van der Waals surface area contributed by atoms with Gasteiger partial charge in [0.2, 0.25) is 5.91 Å². The Labute approximate surface area is 195 Å². The van der Waals surface area contributed by atoms with Gasteiger partial charge in [0.15, 0.2) is 0 Å². The Balaban J connectivity index is 1.19. The summed E-state index contributed by atoms with van der Waals surface area (Å²) in [5, 5.41) is 0. The van der Waals surface area contributed by atoms with Crippen LogP contribution in [-0.4, -0.2) is 54.9 Å². The van der Waals surface area contributed by atoms with Gasteiger partial charge in [0.25, 0.3) is 5.91 Å². The van der Waals surface area contributed by atoms with Crippen LogP contribution in [0.1, 0.15) is 43.2 Å². The Bertz CT molecular complexity index is 1090. The summed E-state index contributed by atoms with van der Waals surface area (Å²) in [7, 11) is 1.66. The number of carbonyl (C=O) groups excluding carboxylic acids is 2. The third-order valence-corrected chi connectivity index (χ3v) is 7.73. The lowest BCUT2D eigenvalue weighted by Gasteiger charge is -2.38. The summed E-state index contributed by atoms with van der Waals surface area (Å²) in [5.41, 5.74) is 1.75. The number of methoxy groups -OCH3 is 1. The van der Waals surface area contributed by atoms with E-state index in [1.807, 2.05) is 59.5 Å². The van der Waals surface area contributed by atoms with Crippen molar-refractivity contribution in [3.05, 3.63) is 65.7 Å². The fourth-order valence-electron chi connectivity index (χ4n) is 5.39. The number of hydrogen-bond acceptors (Lipinski definition) is 3. The first-order chi connectivity index (χ1) is 16.0. The smallest absolute Gasteiger partial charge is 0.298 e. The van der Waals surface area contributed by atoms with Crippen LogP contribution in [0.5, 0.6) is 5.75 Å². The molecule has 0 N–H and O–H groups in total. The fraction of sp³-hybridized carbons (Fsp3) is 0.429. The molecule has 3 aliphatic rings. The molecule has 33 heavy (non-hydrogen) atoms. The highest BCUT2D eigenvalue weighted by Gasteiger charge is 2.55. The number of piperidine rings is 1. The first kappa shape index (κ1) is 21.6. The van der Waals surface area contributed by atoms with E-state index < -0.39 is 0 Å². The average molecular weight is 443 g/mol. The lowest BCUT2D eigenvalue weighted by atomic mass is 9.77. The number of hydrogen-bond donors (Lipinski definition) is 0. The van der Waals surface area contributed by atoms with E-state index in [9.17, 15) is 9.59 Å². The highest BCUT2D eigenvalue weighted by Crippen LogP contribution is 2.51. The van der Waals surface area contributed by atoms with Crippen LogP contribution in [0.25, 0.3) is 0 Å². The molecule has 3 fully saturated rings. The number of ether oxygens (including phenoxy) is 1. The summed E-state index contributed by atoms with van der Waals surface area (Å²) >= 11 is 0. The van der Waals surface area contributed by atoms with E-state index in [0.29, 0.717) is 13.1 Å². The summed E-state index contributed by atoms with van der Waals surface area (Å²) in [4.78, 5) is 30.0. The predicted octanol–water partition coefficient (Wildman–Crippen LogP) is 3.62. The molecule has 2 aliphatic heterocycles. The van der Waals surface area contributed by atoms with Gasteiger partial charge in [0.1, 0.15) is 5.75 Å². The molecule has 1 saturated carbocycles. The summed E-state index contributed by atoms with van der Waals surface area (Å²) in [6.45, 7) is 3.06. The van der Waals surface area contributed by atoms with Crippen LogP contribution in [0.15, 0.2) is 54.6 Å². The highest BCUT2D eigenvalue weighted by atomic mass is 16.5. The average Bonchev–Trinajstić information content (AvgIpc) is 3.59. The summed E-state index contributed by atoms with van der Waals surface area (Å²) in [5.74, 6) is 6.75. The number of nitrogens with zero attached hydrogens (tertiary/aromatic N) is 2. The Hall–Kier alpha value is -3.26. The van der Waals surface area contributed by atoms with Gasteiger partial charge in [-0.05, 0) is 67.3 Å². The van der Waals surface area contributed by atoms with Crippen molar-refractivity contribution in [2.45, 2.75) is 37.5 Å². The minimum absolute atomic E-state index is 0.101. The predicted molar refractivity (Wildman–Crippen MR) is 127 cm³/mol. The van der Waals surface area contributed by atoms with Crippen LogP contribution in [0.3, 0.4) is 0 Å². The van der Waals surface area contributed by atoms with Crippen molar-refractivity contribution in [2.75, 3.05) is 33.3 Å². The Kier molecular flexibility index (Phi) is 5.62. The van der Waals surface area contributed by atoms with Crippen molar-refractivity contribution >= 4 is 11.8 Å². The first-order valence-corrected chi connectivity index (χ1v) is 11.8. The van der Waals surface area contributed by atoms with Gasteiger partial charge in [-0.2, -0.15) is 0 Å². The lowest BCUT2D eigenvalue weighted by Crippen LogP contribution is -2.45. The van der Waals surface area contributed by atoms with Gasteiger partial charge >= 0.3 is 0 Å². The van der Waals surface area contributed by atoms with E-state index in [0.717, 1.165) is 62.1 Å². The summed E-state index contributed by atoms with van der Waals surface area (Å²) in [6.07, 6.45) is 4.74. The minimum Gasteiger partial charge on any atom is -0.497 e. The Morgan fingerprint density at radius 3 is 2.09 bits per heavy atom. The van der Waals surface area contributed by atoms with Crippen molar-refractivity contribution in [3.63, 3.8) is 0 Å². The van der Waals surface area contributed by atoms with Crippen LogP contribution in [0.2, 0.25) is 0 Å². The SMILES string of the molecule is COc1ccc(C2(C(=O)N3CCC4(CCN(C(=O)C#Cc5ccccc5)CC4)C3)CC2)cc1. The normalized spacial score (nSPS) is 20.2. The van der Waals surface area contributed by atoms with E-state index in [4.69, 9.17) is 4.74 Å². The third kappa shape index (κ3) is 4.23. The molecule has 170 valence electrons. The number of rotatable bonds is 3. The maximum Gasteiger partial charge on any atom is 0.298 e. The van der Waals surface area contributed by atoms with Crippen LogP contribution in [-0.2, 0) is 15.0 Å². The van der Waals surface area contributed by atoms with E-state index in [-0.39, 0.29) is 22.6 Å². The molecule has 1 aliphatic carbocycles. The number of carbonyl (C=O) groups is 2. The molecule has 2 saturated heterocycles. The van der Waals surface area contributed by atoms with Crippen molar-refractivity contribution < 1.29 is 14.3 Å². The Morgan fingerprint density at radius 1 is 0.848 bits per heavy atom. The molecule has 0 bridgehead atoms. The molecule has 0 unspecified atom stereocenters. The van der Waals surface area contributed by atoms with Gasteiger partial charge < -0.3 is 14.5 Å². The second-order valence-corrected chi connectivity index (χ2v) is 9.70. The molecule has 2 aromatic carbocycles. The maximum atomic E-state index is 13.5. The molecule has 2 aromatic rings. The molecular weight excluding hydrogens is 412 g/mol. The topological polar surface area (TPSA) is 49.9 Å². The number of likely N-dealkylation sites (tertiary alicyclic amines) is 2. The van der Waals surface area contributed by atoms with Crippen molar-refractivity contribution in [1.29, 1.82) is 0 Å². The second-order valence-electron chi connectivity index (χ2n) is 9.70. The van der Waals surface area contributed by atoms with Crippen molar-refractivity contribution in [3.8, 4) is 17.6 Å². The quantitative estimate of drug-likeness (QED) is 0.683. The van der Waals surface area contributed by atoms with Gasteiger partial charge in [-0.1, -0.05) is 36.3 Å². The first-order valence-electron chi connectivity index (χ1n) is 11.8. The number of benzene rings is 2. The van der Waals surface area contributed by atoms with E-state index >= 15 is 0 Å². The molecule has 2 amide bonds. The third-order valence-electron chi connectivity index (χ3n) is 7.73. The maximum absolute atomic E-state index is 13.5. The fourth-order valence-corrected chi connectivity index (χ4v) is 5.39. The van der Waals surface area contributed by atoms with Crippen LogP contribution >= 0.6 is 0 Å². The largest absolute Gasteiger partial charge is 0.497 e. The molecule has 5 nitrogen and oxygen atoms in total. The standard InChI is InChI=1S/C28H30N2O3/c1-33-24-10-8-23(9-11-24)28(13-14-28)26(32)30-20-17-27(21-30)15-18-29(19-16-27)25(31)12-7-22-5-3-2-4-6-22/h2-6,8-11H,13-21H2,1H3. The molecule has 5 heteroatoms. The van der Waals surface area contributed by atoms with Gasteiger partial charge in [-0.3, -0.25) is 9.59 Å². The van der Waals surface area contributed by atoms with Gasteiger partial charge in [0, 0.05) is 37.7 Å². The zero-order valence-corrected chi connectivity index (χ0v) is 19.2. The van der Waals surface area contributed by atoms with Crippen molar-refractivity contribution in [1.82, 2.24) is 9.80 Å². The molecular formula is C28H30N2O3. The van der Waals surface area contributed by atoms with E-state index in [1.165, 1.54) is 0 Å². The minimum atomic E-state index is -0.346. The molecule has 2 heterocycles. The van der Waals surface area contributed by atoms with E-state index in [1.54, 1.807) is 7.11 Å². The zero-order valence-electron chi connectivity index (χ0n) is 19.2. The molecule has 5 rings (SSSR count). The van der Waals surface area contributed by atoms with Crippen LogP contribution in [0.4, 0.5) is 0 Å². The highest BCUT2D eigenvalue weighted by molar-refractivity contribution is 5.94. The lowest BCUT2D eigenvalue weighted by molar-refractivity contribution is -0.134. The van der Waals surface area contributed by atoms with Crippen LogP contribution in [0, 0.1) is 17.3 Å². The van der Waals surface area contributed by atoms with Gasteiger partial charge in [-0.15, -0.1) is 0 Å². The molecule has 0 atom stereocenters. The molecule has 0 radical (unpaired) electrons. The summed E-state index contributed by atoms with van der Waals surface area (Å²) in [6, 6.07) is 17.6. The van der Waals surface area contributed by atoms with Crippen molar-refractivity contribution in [2.24, 2.45) is 5.41 Å². The molecule has 1 spiro atoms. The summed E-state index contributed by atoms with van der Waals surface area (Å²) < 4.78 is 5.27. The molecule has 0 aromatic heterocycles. The van der Waals surface area contributed by atoms with Crippen LogP contribution < -0.4 is 4.74 Å². The monoisotopic (exact) mass is 442 g/mol. The van der Waals surface area contributed by atoms with Gasteiger partial charge in [0.05, 0.1) is 12.5 Å². The van der Waals surface area contributed by atoms with E-state index in [2.05, 4.69) is 16.7 Å². The Morgan fingerprint density at radius 2 is 1.48 bits per heavy atom. The zero-order chi connectivity index (χ0) is 22.9. The second kappa shape index (κ2) is 8.59.